The first-order valence-corrected chi connectivity index (χ1v) is 11.8. The molecule has 0 radical (unpaired) electrons. The summed E-state index contributed by atoms with van der Waals surface area (Å²) in [5, 5.41) is 1.42. The average molecular weight is 448 g/mol. The lowest BCUT2D eigenvalue weighted by Crippen LogP contribution is -2.33. The van der Waals surface area contributed by atoms with Gasteiger partial charge in [-0.25, -0.2) is 4.98 Å². The molecule has 3 rings (SSSR count). The molecule has 1 aromatic heterocycles. The summed E-state index contributed by atoms with van der Waals surface area (Å²) in [4.78, 5) is 23.4. The van der Waals surface area contributed by atoms with Crippen LogP contribution in [0, 0.1) is 6.92 Å². The summed E-state index contributed by atoms with van der Waals surface area (Å²) in [6.45, 7) is 5.63. The van der Waals surface area contributed by atoms with Gasteiger partial charge in [-0.1, -0.05) is 42.0 Å². The van der Waals surface area contributed by atoms with Crippen LogP contribution >= 0.6 is 34.7 Å². The van der Waals surface area contributed by atoms with Crippen LogP contribution in [-0.4, -0.2) is 48.7 Å². The molecule has 1 heterocycles. The molecule has 0 aliphatic rings. The number of fused-ring (bicyclic) bond motifs is 1. The number of carbonyl (C=O) groups is 1. The van der Waals surface area contributed by atoms with Crippen LogP contribution in [0.4, 0.5) is 5.13 Å². The van der Waals surface area contributed by atoms with E-state index < -0.39 is 0 Å². The number of nitrogens with zero attached hydrogens (tertiary/aromatic N) is 3. The lowest BCUT2D eigenvalue weighted by atomic mass is 10.2. The number of thioether (sulfide) groups is 1. The summed E-state index contributed by atoms with van der Waals surface area (Å²) < 4.78 is 1.01. The van der Waals surface area contributed by atoms with Gasteiger partial charge in [0.25, 0.3) is 5.91 Å². The minimum absolute atomic E-state index is 0.00288. The lowest BCUT2D eigenvalue weighted by Gasteiger charge is -2.22. The molecule has 0 saturated carbocycles. The zero-order valence-corrected chi connectivity index (χ0v) is 19.6. The second-order valence-electron chi connectivity index (χ2n) is 7.11. The quantitative estimate of drug-likeness (QED) is 0.398. The highest BCUT2D eigenvalue weighted by Gasteiger charge is 2.23. The standard InChI is InChI=1S/C22H26ClN3OS2/c1-5-28-18-10-7-6-9-17(18)21(27)26(12-8-11-25(3)4)22-24-20-15(2)13-16(23)14-19(20)29-22/h6-7,9-10,13-14H,5,8,11-12H2,1-4H3. The molecule has 0 aliphatic carbocycles. The number of carbonyl (C=O) groups excluding carboxylic acids is 1. The summed E-state index contributed by atoms with van der Waals surface area (Å²) in [6.07, 6.45) is 0.873. The van der Waals surface area contributed by atoms with Crippen molar-refractivity contribution in [2.45, 2.75) is 25.2 Å². The first-order chi connectivity index (χ1) is 13.9. The molecule has 0 N–H and O–H groups in total. The number of thiazole rings is 1. The Morgan fingerprint density at radius 1 is 1.21 bits per heavy atom. The number of anilines is 1. The largest absolute Gasteiger partial charge is 0.309 e. The van der Waals surface area contributed by atoms with Crippen LogP contribution in [-0.2, 0) is 0 Å². The molecule has 0 saturated heterocycles. The monoisotopic (exact) mass is 447 g/mol. The normalized spacial score (nSPS) is 11.4. The van der Waals surface area contributed by atoms with E-state index in [9.17, 15) is 4.79 Å². The molecule has 0 aliphatic heterocycles. The summed E-state index contributed by atoms with van der Waals surface area (Å²) in [5.41, 5.74) is 2.67. The topological polar surface area (TPSA) is 36.4 Å². The van der Waals surface area contributed by atoms with E-state index in [1.807, 2.05) is 62.3 Å². The number of benzene rings is 2. The van der Waals surface area contributed by atoms with Gasteiger partial charge in [0, 0.05) is 16.5 Å². The van der Waals surface area contributed by atoms with Crippen molar-refractivity contribution in [2.24, 2.45) is 0 Å². The molecular weight excluding hydrogens is 422 g/mol. The lowest BCUT2D eigenvalue weighted by molar-refractivity contribution is 0.0983. The molecule has 0 unspecified atom stereocenters. The predicted molar refractivity (Wildman–Crippen MR) is 127 cm³/mol. The fourth-order valence-corrected chi connectivity index (χ4v) is 5.40. The minimum atomic E-state index is 0.00288. The van der Waals surface area contributed by atoms with Gasteiger partial charge in [0.15, 0.2) is 5.13 Å². The number of hydrogen-bond acceptors (Lipinski definition) is 5. The number of halogens is 1. The molecule has 7 heteroatoms. The van der Waals surface area contributed by atoms with E-state index in [4.69, 9.17) is 16.6 Å². The molecule has 1 amide bonds. The third-order valence-corrected chi connectivity index (χ3v) is 6.72. The van der Waals surface area contributed by atoms with Crippen molar-refractivity contribution >= 4 is 56.0 Å². The van der Waals surface area contributed by atoms with Crippen LogP contribution in [0.15, 0.2) is 41.3 Å². The van der Waals surface area contributed by atoms with E-state index in [-0.39, 0.29) is 5.91 Å². The molecule has 154 valence electrons. The maximum Gasteiger partial charge on any atom is 0.261 e. The molecule has 3 aromatic rings. The Labute approximate surface area is 185 Å². The van der Waals surface area contributed by atoms with Gasteiger partial charge >= 0.3 is 0 Å². The summed E-state index contributed by atoms with van der Waals surface area (Å²) in [7, 11) is 4.09. The highest BCUT2D eigenvalue weighted by atomic mass is 35.5. The van der Waals surface area contributed by atoms with Crippen molar-refractivity contribution in [3.05, 3.63) is 52.5 Å². The number of aryl methyl sites for hydroxylation is 1. The fourth-order valence-electron chi connectivity index (χ4n) is 3.16. The van der Waals surface area contributed by atoms with Gasteiger partial charge in [0.1, 0.15) is 0 Å². The number of amides is 1. The Bertz CT molecular complexity index is 1000. The van der Waals surface area contributed by atoms with Gasteiger partial charge in [0.2, 0.25) is 0 Å². The van der Waals surface area contributed by atoms with Crippen LogP contribution in [0.3, 0.4) is 0 Å². The zero-order valence-electron chi connectivity index (χ0n) is 17.2. The van der Waals surface area contributed by atoms with E-state index >= 15 is 0 Å². The molecule has 0 atom stereocenters. The van der Waals surface area contributed by atoms with Gasteiger partial charge in [0.05, 0.1) is 15.8 Å². The average Bonchev–Trinajstić information content (AvgIpc) is 3.09. The van der Waals surface area contributed by atoms with E-state index in [1.165, 1.54) is 11.3 Å². The zero-order chi connectivity index (χ0) is 21.0. The number of hydrogen-bond donors (Lipinski definition) is 0. The molecule has 29 heavy (non-hydrogen) atoms. The van der Waals surface area contributed by atoms with Gasteiger partial charge in [-0.3, -0.25) is 9.69 Å². The highest BCUT2D eigenvalue weighted by molar-refractivity contribution is 7.99. The van der Waals surface area contributed by atoms with Crippen molar-refractivity contribution in [3.8, 4) is 0 Å². The molecular formula is C22H26ClN3OS2. The molecule has 2 aromatic carbocycles. The molecule has 0 bridgehead atoms. The Morgan fingerprint density at radius 3 is 2.69 bits per heavy atom. The molecule has 4 nitrogen and oxygen atoms in total. The van der Waals surface area contributed by atoms with Gasteiger partial charge in [-0.15, -0.1) is 11.8 Å². The van der Waals surface area contributed by atoms with E-state index in [1.54, 1.807) is 11.8 Å². The SMILES string of the molecule is CCSc1ccccc1C(=O)N(CCCN(C)C)c1nc2c(C)cc(Cl)cc2s1. The molecule has 0 spiro atoms. The van der Waals surface area contributed by atoms with Crippen molar-refractivity contribution in [2.75, 3.05) is 37.8 Å². The first kappa shape index (κ1) is 22.1. The molecule has 0 fully saturated rings. The Hall–Kier alpha value is -1.60. The van der Waals surface area contributed by atoms with Crippen molar-refractivity contribution in [3.63, 3.8) is 0 Å². The van der Waals surface area contributed by atoms with Crippen molar-refractivity contribution < 1.29 is 4.79 Å². The minimum Gasteiger partial charge on any atom is -0.309 e. The van der Waals surface area contributed by atoms with Crippen LogP contribution in [0.5, 0.6) is 0 Å². The summed E-state index contributed by atoms with van der Waals surface area (Å²) in [5.74, 6) is 0.923. The Kier molecular flexibility index (Phi) is 7.57. The first-order valence-electron chi connectivity index (χ1n) is 9.65. The summed E-state index contributed by atoms with van der Waals surface area (Å²) >= 11 is 9.45. The maximum absolute atomic E-state index is 13.6. The highest BCUT2D eigenvalue weighted by Crippen LogP contribution is 2.34. The van der Waals surface area contributed by atoms with Crippen LogP contribution in [0.1, 0.15) is 29.3 Å². The van der Waals surface area contributed by atoms with Gasteiger partial charge in [-0.05, 0) is 69.6 Å². The van der Waals surface area contributed by atoms with Crippen molar-refractivity contribution in [1.82, 2.24) is 9.88 Å². The van der Waals surface area contributed by atoms with E-state index in [2.05, 4.69) is 11.8 Å². The smallest absolute Gasteiger partial charge is 0.261 e. The van der Waals surface area contributed by atoms with E-state index in [0.717, 1.165) is 50.1 Å². The summed E-state index contributed by atoms with van der Waals surface area (Å²) in [6, 6.07) is 11.7. The third kappa shape index (κ3) is 5.31. The van der Waals surface area contributed by atoms with Crippen LogP contribution in [0.2, 0.25) is 5.02 Å². The van der Waals surface area contributed by atoms with Crippen molar-refractivity contribution in [1.29, 1.82) is 0 Å². The fraction of sp³-hybridized carbons (Fsp3) is 0.364. The maximum atomic E-state index is 13.6. The Balaban J connectivity index is 2.01. The number of aromatic nitrogens is 1. The van der Waals surface area contributed by atoms with Crippen LogP contribution < -0.4 is 4.90 Å². The predicted octanol–water partition coefficient (Wildman–Crippen LogP) is 5.97. The van der Waals surface area contributed by atoms with Gasteiger partial charge in [-0.2, -0.15) is 0 Å². The second kappa shape index (κ2) is 9.94. The Morgan fingerprint density at radius 2 is 1.97 bits per heavy atom. The second-order valence-corrected chi connectivity index (χ2v) is 9.86. The number of rotatable bonds is 8. The van der Waals surface area contributed by atoms with Gasteiger partial charge < -0.3 is 4.90 Å². The van der Waals surface area contributed by atoms with E-state index in [0.29, 0.717) is 11.6 Å². The van der Waals surface area contributed by atoms with Crippen LogP contribution in [0.25, 0.3) is 10.2 Å². The third-order valence-electron chi connectivity index (χ3n) is 4.52.